The average Bonchev–Trinajstić information content (AvgIpc) is 3.47. The van der Waals surface area contributed by atoms with Crippen molar-refractivity contribution in [2.24, 2.45) is 10.3 Å². The van der Waals surface area contributed by atoms with E-state index in [-0.39, 0.29) is 35.1 Å². The largest absolute Gasteiger partial charge is 1.00 e. The number of amides is 2. The number of benzene rings is 1. The molecule has 2 aliphatic carbocycles. The molecule has 1 N–H and O–H groups in total. The van der Waals surface area contributed by atoms with Gasteiger partial charge in [-0.15, -0.1) is 4.36 Å². The van der Waals surface area contributed by atoms with Crippen LogP contribution >= 0.6 is 0 Å². The molecule has 1 saturated heterocycles. The van der Waals surface area contributed by atoms with E-state index in [0.29, 0.717) is 5.92 Å². The molecule has 9 heteroatoms. The minimum Gasteiger partial charge on any atom is -0.423 e. The molecule has 178 valence electrons. The van der Waals surface area contributed by atoms with Gasteiger partial charge >= 0.3 is 29.6 Å². The Balaban J connectivity index is 0.00000324. The molecule has 4 rings (SSSR count). The van der Waals surface area contributed by atoms with Crippen LogP contribution in [-0.4, -0.2) is 33.8 Å². The molecular weight excluding hydrogens is 457 g/mol. The fraction of sp³-hybridized carbons (Fsp3) is 0.600. The number of nitriles is 1. The van der Waals surface area contributed by atoms with Crippen molar-refractivity contribution < 1.29 is 38.6 Å². The van der Waals surface area contributed by atoms with Gasteiger partial charge in [-0.3, -0.25) is 9.69 Å². The third-order valence-corrected chi connectivity index (χ3v) is 8.37. The van der Waals surface area contributed by atoms with Gasteiger partial charge in [-0.1, -0.05) is 26.0 Å². The van der Waals surface area contributed by atoms with Gasteiger partial charge in [0.15, 0.2) is 6.03 Å². The van der Waals surface area contributed by atoms with E-state index in [1.54, 1.807) is 6.19 Å². The molecule has 0 saturated carbocycles. The van der Waals surface area contributed by atoms with Gasteiger partial charge in [-0.25, -0.2) is 4.21 Å². The Bertz CT molecular complexity index is 1100. The fourth-order valence-electron chi connectivity index (χ4n) is 5.56. The summed E-state index contributed by atoms with van der Waals surface area (Å²) in [5.41, 5.74) is 5.52. The zero-order valence-electron chi connectivity index (χ0n) is 20.9. The summed E-state index contributed by atoms with van der Waals surface area (Å²) in [5.74, 6) is 0.508. The number of carbonyl (C=O) groups excluding carboxylic acids is 1. The number of likely N-dealkylation sites (tertiary alicyclic amines) is 1. The average molecular weight is 492 g/mol. The Kier molecular flexibility index (Phi) is 8.91. The van der Waals surface area contributed by atoms with Crippen molar-refractivity contribution >= 4 is 21.6 Å². The van der Waals surface area contributed by atoms with Crippen LogP contribution in [0.15, 0.2) is 21.9 Å². The van der Waals surface area contributed by atoms with E-state index in [2.05, 4.69) is 46.1 Å². The Morgan fingerprint density at radius 1 is 1.26 bits per heavy atom. The first-order valence-corrected chi connectivity index (χ1v) is 13.6. The number of hydrogen-bond donors (Lipinski definition) is 1. The van der Waals surface area contributed by atoms with E-state index in [0.717, 1.165) is 70.1 Å². The third-order valence-electron chi connectivity index (χ3n) is 7.11. The molecule has 0 radical (unpaired) electrons. The van der Waals surface area contributed by atoms with Crippen molar-refractivity contribution in [3.05, 3.63) is 44.5 Å². The normalized spacial score (nSPS) is 23.1. The van der Waals surface area contributed by atoms with Gasteiger partial charge in [0.1, 0.15) is 9.92 Å². The van der Waals surface area contributed by atoms with Gasteiger partial charge in [0, 0.05) is 17.5 Å². The molecule has 1 heterocycles. The van der Waals surface area contributed by atoms with E-state index >= 15 is 0 Å². The Morgan fingerprint density at radius 2 is 1.91 bits per heavy atom. The van der Waals surface area contributed by atoms with E-state index in [1.165, 1.54) is 27.7 Å². The third kappa shape index (κ3) is 5.88. The number of nitrogens with one attached hydrogen (secondary N) is 1. The first kappa shape index (κ1) is 27.2. The van der Waals surface area contributed by atoms with Gasteiger partial charge in [-0.2, -0.15) is 5.26 Å². The number of fused-ring (bicyclic) bond motifs is 2. The predicted octanol–water partition coefficient (Wildman–Crippen LogP) is 2.46. The van der Waals surface area contributed by atoms with Crippen LogP contribution in [-0.2, 0) is 35.6 Å². The van der Waals surface area contributed by atoms with E-state index in [4.69, 9.17) is 5.26 Å². The molecule has 1 aromatic rings. The van der Waals surface area contributed by atoms with Crippen molar-refractivity contribution in [3.63, 3.8) is 0 Å². The van der Waals surface area contributed by atoms with Crippen LogP contribution in [0.2, 0.25) is 0 Å². The summed E-state index contributed by atoms with van der Waals surface area (Å²) in [6, 6.07) is 1.59. The number of carbonyl (C=O) groups is 1. The predicted molar refractivity (Wildman–Crippen MR) is 132 cm³/mol. The van der Waals surface area contributed by atoms with Gasteiger partial charge in [0.25, 0.3) is 0 Å². The first-order valence-electron chi connectivity index (χ1n) is 12.0. The smallest absolute Gasteiger partial charge is 0.423 e. The number of urea groups is 1. The number of rotatable bonds is 6. The zero-order chi connectivity index (χ0) is 23.6. The molecule has 1 unspecified atom stereocenters. The van der Waals surface area contributed by atoms with Crippen LogP contribution in [0.25, 0.3) is 4.72 Å². The van der Waals surface area contributed by atoms with E-state index < -0.39 is 15.9 Å². The monoisotopic (exact) mass is 491 g/mol. The number of aryl methyl sites for hydroxylation is 2. The zero-order valence-corrected chi connectivity index (χ0v) is 23.7. The Labute approximate surface area is 226 Å². The van der Waals surface area contributed by atoms with Crippen molar-refractivity contribution in [3.8, 4) is 6.19 Å². The molecule has 1 fully saturated rings. The van der Waals surface area contributed by atoms with E-state index in [9.17, 15) is 9.00 Å². The standard InChI is InChI=1S/C25H35N5O2S.Na/c1-18(2)16-30-13-6-11-25(30,3)12-14-33(32,27-17-26)29-24(31)28-23-21-9-4-7-19(21)15-20-8-5-10-22(20)23;/h12,14-15,18H,4-11,13,16H2,1-3H3,(H2,27,28,29,31,32);/q;+1/p-1/b14-12+;/t25-,33?;/m0./s1. The maximum atomic E-state index is 13.4. The molecule has 34 heavy (non-hydrogen) atoms. The van der Waals surface area contributed by atoms with Crippen LogP contribution in [0, 0.1) is 17.4 Å². The second-order valence-corrected chi connectivity index (χ2v) is 11.8. The minimum atomic E-state index is -3.49. The summed E-state index contributed by atoms with van der Waals surface area (Å²) in [6.45, 7) is 8.35. The van der Waals surface area contributed by atoms with Crippen LogP contribution in [0.1, 0.15) is 68.7 Å². The molecular formula is C25H34N5NaO2S. The molecule has 2 amide bonds. The summed E-state index contributed by atoms with van der Waals surface area (Å²) in [4.78, 5) is 15.3. The molecule has 0 aromatic heterocycles. The van der Waals surface area contributed by atoms with Gasteiger partial charge < -0.3 is 10.0 Å². The van der Waals surface area contributed by atoms with Crippen LogP contribution in [0.4, 0.5) is 10.5 Å². The molecule has 1 aliphatic heterocycles. The molecule has 1 aromatic carbocycles. The molecule has 0 spiro atoms. The van der Waals surface area contributed by atoms with Crippen LogP contribution < -0.4 is 34.9 Å². The Hall–Kier alpha value is -1.37. The number of hydrogen-bond acceptors (Lipinski definition) is 5. The summed E-state index contributed by atoms with van der Waals surface area (Å²) in [7, 11) is -3.49. The van der Waals surface area contributed by atoms with Gasteiger partial charge in [-0.05, 0) is 98.7 Å². The quantitative estimate of drug-likeness (QED) is 0.488. The summed E-state index contributed by atoms with van der Waals surface area (Å²) in [6.07, 6.45) is 11.5. The maximum Gasteiger partial charge on any atom is 1.00 e. The maximum absolute atomic E-state index is 13.4. The SMILES string of the molecule is CC(C)CN1CCC[C@@]1(C)/C=C/S(=O)(=NC#N)[N-]C(=O)Nc1c2c(cc3c1CCC3)CCC2.[Na+]. The summed E-state index contributed by atoms with van der Waals surface area (Å²) in [5, 5.41) is 13.5. The van der Waals surface area contributed by atoms with E-state index in [1.807, 2.05) is 6.08 Å². The molecule has 3 aliphatic rings. The van der Waals surface area contributed by atoms with Crippen molar-refractivity contribution in [1.29, 1.82) is 5.26 Å². The minimum absolute atomic E-state index is 0. The summed E-state index contributed by atoms with van der Waals surface area (Å²) >= 11 is 0. The molecule has 7 nitrogen and oxygen atoms in total. The summed E-state index contributed by atoms with van der Waals surface area (Å²) < 4.78 is 20.8. The van der Waals surface area contributed by atoms with Crippen LogP contribution in [0.5, 0.6) is 0 Å². The van der Waals surface area contributed by atoms with Gasteiger partial charge in [0.2, 0.25) is 6.19 Å². The number of nitrogens with zero attached hydrogens (tertiary/aromatic N) is 4. The Morgan fingerprint density at radius 3 is 2.50 bits per heavy atom. The van der Waals surface area contributed by atoms with Crippen LogP contribution in [0.3, 0.4) is 0 Å². The number of anilines is 1. The molecule has 0 bridgehead atoms. The molecule has 2 atom stereocenters. The second-order valence-electron chi connectivity index (χ2n) is 10.1. The van der Waals surface area contributed by atoms with Crippen molar-refractivity contribution in [1.82, 2.24) is 4.90 Å². The van der Waals surface area contributed by atoms with Crippen molar-refractivity contribution in [2.75, 3.05) is 18.4 Å². The first-order chi connectivity index (χ1) is 15.7. The van der Waals surface area contributed by atoms with Crippen molar-refractivity contribution in [2.45, 2.75) is 77.7 Å². The second kappa shape index (κ2) is 11.1. The fourth-order valence-corrected chi connectivity index (χ4v) is 6.59. The topological polar surface area (TPSA) is 99.7 Å². The van der Waals surface area contributed by atoms with Gasteiger partial charge in [0.05, 0.1) is 0 Å².